The van der Waals surface area contributed by atoms with Crippen LogP contribution in [-0.4, -0.2) is 16.1 Å². The van der Waals surface area contributed by atoms with Gasteiger partial charge < -0.3 is 5.32 Å². The van der Waals surface area contributed by atoms with Crippen molar-refractivity contribution in [3.8, 4) is 0 Å². The van der Waals surface area contributed by atoms with Crippen molar-refractivity contribution in [1.82, 2.24) is 10.2 Å². The Morgan fingerprint density at radius 1 is 1.04 bits per heavy atom. The molecule has 0 atom stereocenters. The van der Waals surface area contributed by atoms with Crippen LogP contribution in [0.4, 0.5) is 5.13 Å². The number of aryl methyl sites for hydroxylation is 1. The van der Waals surface area contributed by atoms with Gasteiger partial charge >= 0.3 is 0 Å². The Kier molecular flexibility index (Phi) is 6.44. The van der Waals surface area contributed by atoms with Gasteiger partial charge in [0.1, 0.15) is 0 Å². The van der Waals surface area contributed by atoms with E-state index >= 15 is 0 Å². The summed E-state index contributed by atoms with van der Waals surface area (Å²) in [6.45, 7) is 0. The maximum absolute atomic E-state index is 12.0. The van der Waals surface area contributed by atoms with Gasteiger partial charge in [0, 0.05) is 17.2 Å². The summed E-state index contributed by atoms with van der Waals surface area (Å²) in [5.74, 6) is 0.738. The second-order valence-corrected chi connectivity index (χ2v) is 7.96. The molecule has 0 fully saturated rings. The number of carbonyl (C=O) groups is 1. The molecule has 0 unspecified atom stereocenters. The molecule has 2 aromatic carbocycles. The maximum Gasteiger partial charge on any atom is 0.226 e. The minimum Gasteiger partial charge on any atom is -0.300 e. The van der Waals surface area contributed by atoms with Crippen LogP contribution in [0.1, 0.15) is 17.5 Å². The lowest BCUT2D eigenvalue weighted by Gasteiger charge is -2.01. The topological polar surface area (TPSA) is 54.9 Å². The molecule has 128 valence electrons. The number of amides is 1. The highest BCUT2D eigenvalue weighted by atomic mass is 35.5. The SMILES string of the molecule is O=C(CCc1ccccc1)Nc1nnc(SCc2ccc(Cl)cc2)s1. The second-order valence-electron chi connectivity index (χ2n) is 5.32. The highest BCUT2D eigenvalue weighted by Crippen LogP contribution is 2.28. The van der Waals surface area contributed by atoms with Crippen molar-refractivity contribution in [3.05, 3.63) is 70.7 Å². The third-order valence-corrected chi connectivity index (χ3v) is 5.71. The van der Waals surface area contributed by atoms with Crippen LogP contribution in [0.2, 0.25) is 5.02 Å². The number of nitrogens with one attached hydrogen (secondary N) is 1. The molecule has 0 spiro atoms. The molecule has 3 rings (SSSR count). The highest BCUT2D eigenvalue weighted by molar-refractivity contribution is 8.00. The number of hydrogen-bond acceptors (Lipinski definition) is 5. The van der Waals surface area contributed by atoms with Crippen molar-refractivity contribution in [3.63, 3.8) is 0 Å². The molecule has 0 radical (unpaired) electrons. The van der Waals surface area contributed by atoms with Crippen LogP contribution >= 0.6 is 34.7 Å². The number of aromatic nitrogens is 2. The van der Waals surface area contributed by atoms with Crippen molar-refractivity contribution in [2.75, 3.05) is 5.32 Å². The Hall–Kier alpha value is -1.89. The van der Waals surface area contributed by atoms with E-state index in [-0.39, 0.29) is 5.91 Å². The lowest BCUT2D eigenvalue weighted by atomic mass is 10.1. The van der Waals surface area contributed by atoms with Crippen LogP contribution in [0, 0.1) is 0 Å². The summed E-state index contributed by atoms with van der Waals surface area (Å²) in [4.78, 5) is 12.0. The zero-order chi connectivity index (χ0) is 17.5. The molecule has 1 heterocycles. The van der Waals surface area contributed by atoms with E-state index < -0.39 is 0 Å². The van der Waals surface area contributed by atoms with E-state index in [1.165, 1.54) is 11.3 Å². The zero-order valence-corrected chi connectivity index (χ0v) is 15.7. The molecule has 0 aliphatic rings. The summed E-state index contributed by atoms with van der Waals surface area (Å²) in [5.41, 5.74) is 2.31. The van der Waals surface area contributed by atoms with Crippen molar-refractivity contribution in [2.45, 2.75) is 22.9 Å². The summed E-state index contributed by atoms with van der Waals surface area (Å²) >= 11 is 8.85. The first-order valence-corrected chi connectivity index (χ1v) is 9.91. The van der Waals surface area contributed by atoms with Gasteiger partial charge in [-0.3, -0.25) is 4.79 Å². The summed E-state index contributed by atoms with van der Waals surface area (Å²) in [5, 5.41) is 12.2. The van der Waals surface area contributed by atoms with E-state index in [0.29, 0.717) is 18.0 Å². The number of carbonyl (C=O) groups excluding carboxylic acids is 1. The zero-order valence-electron chi connectivity index (χ0n) is 13.3. The molecule has 0 saturated heterocycles. The molecular weight excluding hydrogens is 374 g/mol. The average Bonchev–Trinajstić information content (AvgIpc) is 3.08. The van der Waals surface area contributed by atoms with Gasteiger partial charge in [-0.1, -0.05) is 77.2 Å². The smallest absolute Gasteiger partial charge is 0.226 e. The van der Waals surface area contributed by atoms with E-state index in [9.17, 15) is 4.79 Å². The summed E-state index contributed by atoms with van der Waals surface area (Å²) in [7, 11) is 0. The Labute approximate surface area is 159 Å². The van der Waals surface area contributed by atoms with Gasteiger partial charge in [0.15, 0.2) is 4.34 Å². The molecule has 1 aromatic heterocycles. The molecule has 1 amide bonds. The van der Waals surface area contributed by atoms with Gasteiger partial charge in [0.2, 0.25) is 11.0 Å². The predicted molar refractivity (Wildman–Crippen MR) is 104 cm³/mol. The standard InChI is InChI=1S/C18H16ClN3OS2/c19-15-9-6-14(7-10-15)12-24-18-22-21-17(25-18)20-16(23)11-8-13-4-2-1-3-5-13/h1-7,9-10H,8,11-12H2,(H,20,21,23). The first kappa shape index (κ1) is 17.9. The molecule has 1 N–H and O–H groups in total. The Balaban J connectivity index is 1.46. The second kappa shape index (κ2) is 8.99. The molecule has 0 bridgehead atoms. The fourth-order valence-corrected chi connectivity index (χ4v) is 3.98. The van der Waals surface area contributed by atoms with Gasteiger partial charge in [-0.25, -0.2) is 0 Å². The van der Waals surface area contributed by atoms with Crippen LogP contribution in [0.3, 0.4) is 0 Å². The molecule has 7 heteroatoms. The molecule has 0 aliphatic heterocycles. The van der Waals surface area contributed by atoms with E-state index in [0.717, 1.165) is 26.2 Å². The largest absolute Gasteiger partial charge is 0.300 e. The fraction of sp³-hybridized carbons (Fsp3) is 0.167. The molecule has 3 aromatic rings. The molecule has 0 aliphatic carbocycles. The minimum absolute atomic E-state index is 0.0470. The van der Waals surface area contributed by atoms with Crippen molar-refractivity contribution < 1.29 is 4.79 Å². The van der Waals surface area contributed by atoms with E-state index in [1.807, 2.05) is 54.6 Å². The Morgan fingerprint density at radius 2 is 1.80 bits per heavy atom. The summed E-state index contributed by atoms with van der Waals surface area (Å²) < 4.78 is 0.827. The Bertz CT molecular complexity index is 822. The molecule has 25 heavy (non-hydrogen) atoms. The van der Waals surface area contributed by atoms with Gasteiger partial charge in [-0.05, 0) is 29.7 Å². The normalized spacial score (nSPS) is 10.6. The lowest BCUT2D eigenvalue weighted by Crippen LogP contribution is -2.12. The van der Waals surface area contributed by atoms with Crippen LogP contribution in [0.15, 0.2) is 58.9 Å². The number of thioether (sulfide) groups is 1. The highest BCUT2D eigenvalue weighted by Gasteiger charge is 2.09. The van der Waals surface area contributed by atoms with Crippen molar-refractivity contribution in [1.29, 1.82) is 0 Å². The van der Waals surface area contributed by atoms with Crippen LogP contribution in [0.25, 0.3) is 0 Å². The first-order chi connectivity index (χ1) is 12.2. The lowest BCUT2D eigenvalue weighted by molar-refractivity contribution is -0.116. The molecular formula is C18H16ClN3OS2. The number of hydrogen-bond donors (Lipinski definition) is 1. The van der Waals surface area contributed by atoms with Gasteiger partial charge in [-0.15, -0.1) is 10.2 Å². The quantitative estimate of drug-likeness (QED) is 0.453. The van der Waals surface area contributed by atoms with Crippen molar-refractivity contribution in [2.24, 2.45) is 0 Å². The monoisotopic (exact) mass is 389 g/mol. The number of anilines is 1. The van der Waals surface area contributed by atoms with E-state index in [4.69, 9.17) is 11.6 Å². The van der Waals surface area contributed by atoms with Crippen molar-refractivity contribution >= 4 is 45.7 Å². The number of halogens is 1. The molecule has 0 saturated carbocycles. The third-order valence-electron chi connectivity index (χ3n) is 3.41. The minimum atomic E-state index is -0.0470. The first-order valence-electron chi connectivity index (χ1n) is 7.73. The van der Waals surface area contributed by atoms with Gasteiger partial charge in [0.05, 0.1) is 0 Å². The molecule has 4 nitrogen and oxygen atoms in total. The van der Waals surface area contributed by atoms with E-state index in [2.05, 4.69) is 15.5 Å². The number of benzene rings is 2. The van der Waals surface area contributed by atoms with Crippen LogP contribution < -0.4 is 5.32 Å². The predicted octanol–water partition coefficient (Wildman–Crippen LogP) is 5.06. The number of nitrogens with zero attached hydrogens (tertiary/aromatic N) is 2. The van der Waals surface area contributed by atoms with Crippen LogP contribution in [-0.2, 0) is 17.0 Å². The van der Waals surface area contributed by atoms with Crippen LogP contribution in [0.5, 0.6) is 0 Å². The summed E-state index contributed by atoms with van der Waals surface area (Å²) in [6, 6.07) is 17.7. The van der Waals surface area contributed by atoms with Gasteiger partial charge in [-0.2, -0.15) is 0 Å². The Morgan fingerprint density at radius 3 is 2.56 bits per heavy atom. The average molecular weight is 390 g/mol. The van der Waals surface area contributed by atoms with Gasteiger partial charge in [0.25, 0.3) is 0 Å². The maximum atomic E-state index is 12.0. The summed E-state index contributed by atoms with van der Waals surface area (Å²) in [6.07, 6.45) is 1.14. The number of rotatable bonds is 7. The fourth-order valence-electron chi connectivity index (χ4n) is 2.13. The van der Waals surface area contributed by atoms with E-state index in [1.54, 1.807) is 11.8 Å². The third kappa shape index (κ3) is 5.85.